The first-order valence-corrected chi connectivity index (χ1v) is 6.24. The SMILES string of the molecule is C=CCN(CCCCC)C(=O)c1ccccc1. The van der Waals surface area contributed by atoms with Gasteiger partial charge in [-0.05, 0) is 18.6 Å². The zero-order valence-electron chi connectivity index (χ0n) is 10.6. The third kappa shape index (κ3) is 4.43. The lowest BCUT2D eigenvalue weighted by Crippen LogP contribution is -2.32. The Labute approximate surface area is 104 Å². The van der Waals surface area contributed by atoms with E-state index in [0.717, 1.165) is 24.9 Å². The zero-order valence-corrected chi connectivity index (χ0v) is 10.6. The van der Waals surface area contributed by atoms with Gasteiger partial charge in [0.1, 0.15) is 0 Å². The molecule has 0 unspecified atom stereocenters. The molecule has 92 valence electrons. The predicted octanol–water partition coefficient (Wildman–Crippen LogP) is 3.51. The summed E-state index contributed by atoms with van der Waals surface area (Å²) in [5, 5.41) is 0. The van der Waals surface area contributed by atoms with Gasteiger partial charge in [0.25, 0.3) is 5.91 Å². The highest BCUT2D eigenvalue weighted by molar-refractivity contribution is 5.94. The Balaban J connectivity index is 2.63. The molecule has 0 atom stereocenters. The molecule has 0 aromatic heterocycles. The van der Waals surface area contributed by atoms with Crippen LogP contribution in [-0.2, 0) is 0 Å². The summed E-state index contributed by atoms with van der Waals surface area (Å²) in [6.07, 6.45) is 5.17. The van der Waals surface area contributed by atoms with Crippen molar-refractivity contribution in [2.75, 3.05) is 13.1 Å². The lowest BCUT2D eigenvalue weighted by atomic mass is 10.2. The maximum atomic E-state index is 12.2. The van der Waals surface area contributed by atoms with Crippen LogP contribution in [0.15, 0.2) is 43.0 Å². The molecule has 0 saturated carbocycles. The second-order valence-corrected chi connectivity index (χ2v) is 4.11. The van der Waals surface area contributed by atoms with Crippen LogP contribution in [0.3, 0.4) is 0 Å². The Morgan fingerprint density at radius 1 is 1.29 bits per heavy atom. The van der Waals surface area contributed by atoms with E-state index in [0.29, 0.717) is 6.54 Å². The molecule has 0 radical (unpaired) electrons. The molecule has 2 heteroatoms. The van der Waals surface area contributed by atoms with Crippen molar-refractivity contribution < 1.29 is 4.79 Å². The summed E-state index contributed by atoms with van der Waals surface area (Å²) in [7, 11) is 0. The quantitative estimate of drug-likeness (QED) is 0.519. The Morgan fingerprint density at radius 3 is 2.59 bits per heavy atom. The molecule has 0 fully saturated rings. The van der Waals surface area contributed by atoms with Gasteiger partial charge in [-0.1, -0.05) is 44.0 Å². The normalized spacial score (nSPS) is 9.94. The Hall–Kier alpha value is -1.57. The molecule has 0 N–H and O–H groups in total. The van der Waals surface area contributed by atoms with Crippen LogP contribution in [-0.4, -0.2) is 23.9 Å². The van der Waals surface area contributed by atoms with Crippen LogP contribution in [0.25, 0.3) is 0 Å². The highest BCUT2D eigenvalue weighted by Crippen LogP contribution is 2.07. The van der Waals surface area contributed by atoms with Gasteiger partial charge in [-0.2, -0.15) is 0 Å². The lowest BCUT2D eigenvalue weighted by molar-refractivity contribution is 0.0771. The molecule has 1 aromatic carbocycles. The Bertz CT molecular complexity index is 345. The summed E-state index contributed by atoms with van der Waals surface area (Å²) in [6.45, 7) is 7.31. The van der Waals surface area contributed by atoms with Crippen molar-refractivity contribution in [1.82, 2.24) is 4.90 Å². The average Bonchev–Trinajstić information content (AvgIpc) is 2.38. The summed E-state index contributed by atoms with van der Waals surface area (Å²) in [5.41, 5.74) is 0.755. The molecule has 1 amide bonds. The molecule has 0 spiro atoms. The minimum Gasteiger partial charge on any atom is -0.335 e. The highest BCUT2D eigenvalue weighted by atomic mass is 16.2. The molecule has 0 aliphatic heterocycles. The topological polar surface area (TPSA) is 20.3 Å². The number of nitrogens with zero attached hydrogens (tertiary/aromatic N) is 1. The fourth-order valence-corrected chi connectivity index (χ4v) is 1.75. The Morgan fingerprint density at radius 2 is 2.00 bits per heavy atom. The van der Waals surface area contributed by atoms with Crippen molar-refractivity contribution in [2.24, 2.45) is 0 Å². The van der Waals surface area contributed by atoms with Crippen LogP contribution in [0, 0.1) is 0 Å². The number of hydrogen-bond acceptors (Lipinski definition) is 1. The van der Waals surface area contributed by atoms with Gasteiger partial charge in [-0.15, -0.1) is 6.58 Å². The van der Waals surface area contributed by atoms with Gasteiger partial charge in [0.15, 0.2) is 0 Å². The number of unbranched alkanes of at least 4 members (excludes halogenated alkanes) is 2. The lowest BCUT2D eigenvalue weighted by Gasteiger charge is -2.21. The minimum absolute atomic E-state index is 0.0987. The second kappa shape index (κ2) is 7.66. The van der Waals surface area contributed by atoms with Gasteiger partial charge in [0.2, 0.25) is 0 Å². The van der Waals surface area contributed by atoms with Crippen molar-refractivity contribution in [3.05, 3.63) is 48.6 Å². The maximum Gasteiger partial charge on any atom is 0.254 e. The molecule has 0 aliphatic rings. The number of amides is 1. The molecule has 2 nitrogen and oxygen atoms in total. The van der Waals surface area contributed by atoms with Gasteiger partial charge in [-0.25, -0.2) is 0 Å². The number of benzene rings is 1. The second-order valence-electron chi connectivity index (χ2n) is 4.11. The number of rotatable bonds is 7. The third-order valence-electron chi connectivity index (χ3n) is 2.69. The first kappa shape index (κ1) is 13.5. The van der Waals surface area contributed by atoms with Crippen LogP contribution in [0.5, 0.6) is 0 Å². The smallest absolute Gasteiger partial charge is 0.254 e. The van der Waals surface area contributed by atoms with Gasteiger partial charge < -0.3 is 4.90 Å². The average molecular weight is 231 g/mol. The fraction of sp³-hybridized carbons (Fsp3) is 0.400. The molecule has 0 bridgehead atoms. The summed E-state index contributed by atoms with van der Waals surface area (Å²) < 4.78 is 0. The summed E-state index contributed by atoms with van der Waals surface area (Å²) >= 11 is 0. The van der Waals surface area contributed by atoms with E-state index in [9.17, 15) is 4.79 Å². The van der Waals surface area contributed by atoms with Crippen LogP contribution in [0.1, 0.15) is 36.5 Å². The van der Waals surface area contributed by atoms with Crippen LogP contribution in [0.2, 0.25) is 0 Å². The molecule has 17 heavy (non-hydrogen) atoms. The number of hydrogen-bond donors (Lipinski definition) is 0. The summed E-state index contributed by atoms with van der Waals surface area (Å²) in [5.74, 6) is 0.0987. The number of carbonyl (C=O) groups excluding carboxylic acids is 1. The van der Waals surface area contributed by atoms with Crippen molar-refractivity contribution in [1.29, 1.82) is 0 Å². The molecule has 0 saturated heterocycles. The largest absolute Gasteiger partial charge is 0.335 e. The molecule has 0 aliphatic carbocycles. The molecule has 1 aromatic rings. The van der Waals surface area contributed by atoms with Crippen LogP contribution >= 0.6 is 0 Å². The summed E-state index contributed by atoms with van der Waals surface area (Å²) in [4.78, 5) is 14.1. The molecular formula is C15H21NO. The fourth-order valence-electron chi connectivity index (χ4n) is 1.75. The van der Waals surface area contributed by atoms with E-state index in [4.69, 9.17) is 0 Å². The van der Waals surface area contributed by atoms with E-state index < -0.39 is 0 Å². The van der Waals surface area contributed by atoms with Gasteiger partial charge in [-0.3, -0.25) is 4.79 Å². The minimum atomic E-state index is 0.0987. The van der Waals surface area contributed by atoms with E-state index in [-0.39, 0.29) is 5.91 Å². The number of carbonyl (C=O) groups is 1. The maximum absolute atomic E-state index is 12.2. The van der Waals surface area contributed by atoms with Crippen molar-refractivity contribution in [3.63, 3.8) is 0 Å². The van der Waals surface area contributed by atoms with Gasteiger partial charge in [0.05, 0.1) is 0 Å². The molecule has 1 rings (SSSR count). The van der Waals surface area contributed by atoms with Crippen LogP contribution in [0.4, 0.5) is 0 Å². The van der Waals surface area contributed by atoms with E-state index in [1.165, 1.54) is 6.42 Å². The monoisotopic (exact) mass is 231 g/mol. The first-order chi connectivity index (χ1) is 8.29. The molecular weight excluding hydrogens is 210 g/mol. The van der Waals surface area contributed by atoms with Crippen molar-refractivity contribution in [2.45, 2.75) is 26.2 Å². The van der Waals surface area contributed by atoms with Gasteiger partial charge in [0, 0.05) is 18.7 Å². The Kier molecular flexibility index (Phi) is 6.08. The zero-order chi connectivity index (χ0) is 12.5. The van der Waals surface area contributed by atoms with Crippen LogP contribution < -0.4 is 0 Å². The van der Waals surface area contributed by atoms with E-state index >= 15 is 0 Å². The molecule has 0 heterocycles. The van der Waals surface area contributed by atoms with Crippen molar-refractivity contribution in [3.8, 4) is 0 Å². The van der Waals surface area contributed by atoms with E-state index in [1.807, 2.05) is 35.2 Å². The standard InChI is InChI=1S/C15H21NO/c1-3-5-9-13-16(12-4-2)15(17)14-10-7-6-8-11-14/h4,6-8,10-11H,2-3,5,9,12-13H2,1H3. The van der Waals surface area contributed by atoms with Crippen molar-refractivity contribution >= 4 is 5.91 Å². The third-order valence-corrected chi connectivity index (χ3v) is 2.69. The predicted molar refractivity (Wildman–Crippen MR) is 72.1 cm³/mol. The highest BCUT2D eigenvalue weighted by Gasteiger charge is 2.13. The van der Waals surface area contributed by atoms with Gasteiger partial charge >= 0.3 is 0 Å². The van der Waals surface area contributed by atoms with E-state index in [2.05, 4.69) is 13.5 Å². The summed E-state index contributed by atoms with van der Waals surface area (Å²) in [6, 6.07) is 9.43. The van der Waals surface area contributed by atoms with E-state index in [1.54, 1.807) is 6.08 Å². The first-order valence-electron chi connectivity index (χ1n) is 6.24.